The molecule has 0 amide bonds. The Labute approximate surface area is 229 Å². The topological polar surface area (TPSA) is 100 Å². The molecule has 0 saturated carbocycles. The first-order valence-corrected chi connectivity index (χ1v) is 9.86. The summed E-state index contributed by atoms with van der Waals surface area (Å²) in [6.45, 7) is 9.02. The summed E-state index contributed by atoms with van der Waals surface area (Å²) in [7, 11) is 0. The van der Waals surface area contributed by atoms with Crippen molar-refractivity contribution in [3.63, 3.8) is 0 Å². The molecule has 1 aliphatic rings. The summed E-state index contributed by atoms with van der Waals surface area (Å²) in [5, 5.41) is 32.7. The van der Waals surface area contributed by atoms with Crippen LogP contribution in [0.5, 0.6) is 0 Å². The van der Waals surface area contributed by atoms with E-state index in [0.29, 0.717) is 5.69 Å². The fourth-order valence-corrected chi connectivity index (χ4v) is 3.07. The van der Waals surface area contributed by atoms with Crippen molar-refractivity contribution in [2.24, 2.45) is 5.41 Å². The standard InChI is InChI=1S/C18H18F3N5.C4H9O.K/c1-17(2)6-5-11(15-10-23-26-25-15)7-16(17)24-13-4-3-12(9-22)14(8-13)18(19,20)21;1-4(2,3)5;/h3-4,7-8,10,16,24H,5-6H2,1-2H3,(H,23,25,26);1-3H3;/q;-1;+1. The molecule has 10 heteroatoms. The molecule has 6 nitrogen and oxygen atoms in total. The Morgan fingerprint density at radius 1 is 1.25 bits per heavy atom. The van der Waals surface area contributed by atoms with E-state index in [1.807, 2.05) is 6.08 Å². The zero-order valence-electron chi connectivity index (χ0n) is 19.3. The van der Waals surface area contributed by atoms with Crippen LogP contribution in [-0.2, 0) is 6.18 Å². The van der Waals surface area contributed by atoms with Crippen LogP contribution in [0.15, 0.2) is 30.5 Å². The maximum atomic E-state index is 13.2. The molecule has 0 saturated heterocycles. The number of rotatable bonds is 3. The van der Waals surface area contributed by atoms with E-state index in [-0.39, 0.29) is 68.4 Å². The number of nitrogens with zero attached hydrogens (tertiary/aromatic N) is 3. The quantitative estimate of drug-likeness (QED) is 0.659. The average Bonchev–Trinajstić information content (AvgIpc) is 3.16. The van der Waals surface area contributed by atoms with Crippen molar-refractivity contribution >= 4 is 11.3 Å². The van der Waals surface area contributed by atoms with Crippen LogP contribution < -0.4 is 61.8 Å². The monoisotopic (exact) mass is 473 g/mol. The normalized spacial score (nSPS) is 17.8. The van der Waals surface area contributed by atoms with Gasteiger partial charge in [0.15, 0.2) is 0 Å². The minimum Gasteiger partial charge on any atom is -0.850 e. The molecule has 0 spiro atoms. The Morgan fingerprint density at radius 2 is 1.88 bits per heavy atom. The molecule has 0 fully saturated rings. The third-order valence-electron chi connectivity index (χ3n) is 4.76. The van der Waals surface area contributed by atoms with E-state index in [1.54, 1.807) is 33.0 Å². The Bertz CT molecular complexity index is 951. The van der Waals surface area contributed by atoms with Gasteiger partial charge in [0.1, 0.15) is 5.69 Å². The van der Waals surface area contributed by atoms with Crippen molar-refractivity contribution in [1.29, 1.82) is 5.26 Å². The molecule has 1 atom stereocenters. The van der Waals surface area contributed by atoms with Gasteiger partial charge in [-0.05, 0) is 42.0 Å². The van der Waals surface area contributed by atoms with Crippen molar-refractivity contribution in [1.82, 2.24) is 15.4 Å². The molecule has 1 aromatic heterocycles. The van der Waals surface area contributed by atoms with Gasteiger partial charge in [0, 0.05) is 5.69 Å². The molecule has 1 aromatic carbocycles. The molecular formula is C22H27F3KN5O. The summed E-state index contributed by atoms with van der Waals surface area (Å²) in [5.41, 5.74) is -0.154. The van der Waals surface area contributed by atoms with Gasteiger partial charge in [-0.1, -0.05) is 40.7 Å². The molecule has 0 bridgehead atoms. The first-order chi connectivity index (χ1) is 14.2. The zero-order valence-corrected chi connectivity index (χ0v) is 22.4. The summed E-state index contributed by atoms with van der Waals surface area (Å²) >= 11 is 0. The van der Waals surface area contributed by atoms with E-state index in [9.17, 15) is 18.3 Å². The fourth-order valence-electron chi connectivity index (χ4n) is 3.07. The van der Waals surface area contributed by atoms with Gasteiger partial charge in [0.05, 0.1) is 29.4 Å². The second kappa shape index (κ2) is 11.3. The van der Waals surface area contributed by atoms with Crippen molar-refractivity contribution in [3.8, 4) is 6.07 Å². The molecule has 32 heavy (non-hydrogen) atoms. The molecule has 1 aliphatic carbocycles. The second-order valence-corrected chi connectivity index (χ2v) is 9.14. The largest absolute Gasteiger partial charge is 1.00 e. The summed E-state index contributed by atoms with van der Waals surface area (Å²) < 4.78 is 39.6. The minimum absolute atomic E-state index is 0. The van der Waals surface area contributed by atoms with Gasteiger partial charge in [-0.3, -0.25) is 0 Å². The van der Waals surface area contributed by atoms with Crippen LogP contribution in [-0.4, -0.2) is 27.1 Å². The smallest absolute Gasteiger partial charge is 0.850 e. The van der Waals surface area contributed by atoms with Crippen LogP contribution in [0.25, 0.3) is 5.57 Å². The molecule has 1 heterocycles. The number of H-pyrrole nitrogens is 1. The van der Waals surface area contributed by atoms with Gasteiger partial charge < -0.3 is 10.4 Å². The molecule has 0 aliphatic heterocycles. The molecule has 2 N–H and O–H groups in total. The summed E-state index contributed by atoms with van der Waals surface area (Å²) in [6.07, 6.45) is 0.717. The van der Waals surface area contributed by atoms with Crippen LogP contribution in [0.1, 0.15) is 64.3 Å². The number of nitrogens with one attached hydrogen (secondary N) is 2. The molecule has 0 radical (unpaired) electrons. The number of halogens is 3. The van der Waals surface area contributed by atoms with Gasteiger partial charge in [0.2, 0.25) is 0 Å². The minimum atomic E-state index is -4.58. The van der Waals surface area contributed by atoms with E-state index in [4.69, 9.17) is 5.26 Å². The van der Waals surface area contributed by atoms with E-state index in [1.165, 1.54) is 12.1 Å². The Hall–Kier alpha value is -1.22. The van der Waals surface area contributed by atoms with Crippen LogP contribution in [0.3, 0.4) is 0 Å². The number of alkyl halides is 3. The predicted octanol–water partition coefficient (Wildman–Crippen LogP) is 1.53. The van der Waals surface area contributed by atoms with Crippen LogP contribution >= 0.6 is 0 Å². The van der Waals surface area contributed by atoms with Gasteiger partial charge in [-0.25, -0.2) is 0 Å². The van der Waals surface area contributed by atoms with Crippen molar-refractivity contribution in [2.75, 3.05) is 5.32 Å². The number of aromatic nitrogens is 3. The Balaban J connectivity index is 0.000000770. The van der Waals surface area contributed by atoms with E-state index in [0.717, 1.165) is 30.2 Å². The molecule has 3 rings (SSSR count). The maximum absolute atomic E-state index is 13.2. The summed E-state index contributed by atoms with van der Waals surface area (Å²) in [4.78, 5) is 0. The van der Waals surface area contributed by atoms with Gasteiger partial charge in [0.25, 0.3) is 0 Å². The zero-order chi connectivity index (χ0) is 23.4. The van der Waals surface area contributed by atoms with Gasteiger partial charge in [-0.2, -0.15) is 33.8 Å². The van der Waals surface area contributed by atoms with E-state index < -0.39 is 17.3 Å². The molecular weight excluding hydrogens is 446 g/mol. The first kappa shape index (κ1) is 28.8. The van der Waals surface area contributed by atoms with Crippen LogP contribution in [0.2, 0.25) is 0 Å². The second-order valence-electron chi connectivity index (χ2n) is 9.14. The number of hydrogen-bond donors (Lipinski definition) is 2. The van der Waals surface area contributed by atoms with E-state index in [2.05, 4.69) is 34.6 Å². The molecule has 168 valence electrons. The Kier molecular flexibility index (Phi) is 10.1. The number of hydrogen-bond acceptors (Lipinski definition) is 5. The number of allylic oxidation sites excluding steroid dienone is 1. The fraction of sp³-hybridized carbons (Fsp3) is 0.500. The summed E-state index contributed by atoms with van der Waals surface area (Å²) in [6, 6.07) is 5.11. The number of nitriles is 1. The van der Waals surface area contributed by atoms with Gasteiger partial charge in [-0.15, -0.1) is 5.60 Å². The van der Waals surface area contributed by atoms with Crippen LogP contribution in [0.4, 0.5) is 18.9 Å². The van der Waals surface area contributed by atoms with E-state index >= 15 is 0 Å². The molecule has 1 unspecified atom stereocenters. The SMILES string of the molecule is CC(C)(C)[O-].CC1(C)CCC(c2cn[nH]n2)=CC1Nc1ccc(C#N)c(C(F)(F)F)c1.[K+]. The van der Waals surface area contributed by atoms with Crippen LogP contribution in [0, 0.1) is 16.7 Å². The number of aromatic amines is 1. The Morgan fingerprint density at radius 3 is 2.38 bits per heavy atom. The summed E-state index contributed by atoms with van der Waals surface area (Å²) in [5.74, 6) is 0. The molecule has 2 aromatic rings. The first-order valence-electron chi connectivity index (χ1n) is 9.86. The average molecular weight is 474 g/mol. The van der Waals surface area contributed by atoms with Crippen molar-refractivity contribution < 1.29 is 69.7 Å². The number of anilines is 1. The van der Waals surface area contributed by atoms with Crippen molar-refractivity contribution in [3.05, 3.63) is 47.3 Å². The third kappa shape index (κ3) is 8.61. The maximum Gasteiger partial charge on any atom is 1.00 e. The number of benzene rings is 1. The van der Waals surface area contributed by atoms with Gasteiger partial charge >= 0.3 is 57.6 Å². The van der Waals surface area contributed by atoms with Crippen molar-refractivity contribution in [2.45, 2.75) is 65.3 Å². The third-order valence-corrected chi connectivity index (χ3v) is 4.76. The predicted molar refractivity (Wildman–Crippen MR) is 111 cm³/mol.